The molecule has 0 aliphatic heterocycles. The molecule has 0 aliphatic rings. The Morgan fingerprint density at radius 3 is 2.39 bits per heavy atom. The molecule has 0 amide bonds. The van der Waals surface area contributed by atoms with E-state index in [1.807, 2.05) is 19.9 Å². The van der Waals surface area contributed by atoms with Gasteiger partial charge in [0.2, 0.25) is 11.9 Å². The fourth-order valence-corrected chi connectivity index (χ4v) is 3.71. The molecule has 0 aliphatic carbocycles. The smallest absolute Gasteiger partial charge is 0.225 e. The summed E-state index contributed by atoms with van der Waals surface area (Å²) in [6.45, 7) is 4.60. The quantitative estimate of drug-likeness (QED) is 0.463. The van der Waals surface area contributed by atoms with E-state index in [0.29, 0.717) is 17.3 Å². The van der Waals surface area contributed by atoms with Crippen LogP contribution in [0.5, 0.6) is 0 Å². The van der Waals surface area contributed by atoms with Crippen molar-refractivity contribution in [1.82, 2.24) is 19.5 Å². The van der Waals surface area contributed by atoms with E-state index in [0.717, 1.165) is 23.4 Å². The lowest BCUT2D eigenvalue weighted by Gasteiger charge is -2.10. The maximum absolute atomic E-state index is 13.0. The van der Waals surface area contributed by atoms with Crippen LogP contribution in [0, 0.1) is 19.7 Å². The monoisotopic (exact) mass is 400 g/mol. The molecule has 4 N–H and O–H groups in total. The van der Waals surface area contributed by atoms with E-state index >= 15 is 0 Å². The topological polar surface area (TPSA) is 113 Å². The zero-order valence-electron chi connectivity index (χ0n) is 15.6. The number of nitrogens with two attached hydrogens (primary N) is 2. The lowest BCUT2D eigenvalue weighted by atomic mass is 10.1. The number of ketones is 1. The predicted octanol–water partition coefficient (Wildman–Crippen LogP) is 2.81. The van der Waals surface area contributed by atoms with Gasteiger partial charge < -0.3 is 16.0 Å². The third-order valence-electron chi connectivity index (χ3n) is 4.39. The lowest BCUT2D eigenvalue weighted by molar-refractivity contribution is 0.102. The maximum atomic E-state index is 13.0. The number of thioether (sulfide) groups is 1. The number of aryl methyl sites for hydroxylation is 2. The minimum Gasteiger partial charge on any atom is -0.368 e. The molecule has 28 heavy (non-hydrogen) atoms. The molecule has 0 unspecified atom stereocenters. The van der Waals surface area contributed by atoms with Crippen LogP contribution in [0.1, 0.15) is 27.3 Å². The number of carbonyl (C=O) groups excluding carboxylic acids is 1. The van der Waals surface area contributed by atoms with Crippen LogP contribution in [0.3, 0.4) is 0 Å². The third kappa shape index (κ3) is 4.66. The van der Waals surface area contributed by atoms with Crippen LogP contribution >= 0.6 is 11.8 Å². The van der Waals surface area contributed by atoms with E-state index in [2.05, 4.69) is 19.5 Å². The Morgan fingerprint density at radius 1 is 1.11 bits per heavy atom. The highest BCUT2D eigenvalue weighted by Crippen LogP contribution is 2.21. The first kappa shape index (κ1) is 19.8. The van der Waals surface area contributed by atoms with Crippen LogP contribution < -0.4 is 11.5 Å². The van der Waals surface area contributed by atoms with Gasteiger partial charge in [0.1, 0.15) is 5.82 Å². The normalized spacial score (nSPS) is 11.0. The average Bonchev–Trinajstić information content (AvgIpc) is 2.93. The lowest BCUT2D eigenvalue weighted by Crippen LogP contribution is -2.09. The Kier molecular flexibility index (Phi) is 5.93. The molecule has 0 fully saturated rings. The summed E-state index contributed by atoms with van der Waals surface area (Å²) in [6.07, 6.45) is 0.752. The van der Waals surface area contributed by atoms with Crippen molar-refractivity contribution in [3.8, 4) is 0 Å². The van der Waals surface area contributed by atoms with Gasteiger partial charge in [0, 0.05) is 23.5 Å². The molecule has 2 aromatic heterocycles. The number of rotatable bonds is 7. The van der Waals surface area contributed by atoms with E-state index < -0.39 is 0 Å². The molecule has 9 heteroatoms. The summed E-state index contributed by atoms with van der Waals surface area (Å²) in [5.74, 6) is -0.0406. The number of benzene rings is 1. The van der Waals surface area contributed by atoms with Crippen LogP contribution in [0.2, 0.25) is 0 Å². The highest BCUT2D eigenvalue weighted by atomic mass is 32.2. The predicted molar refractivity (Wildman–Crippen MR) is 108 cm³/mol. The van der Waals surface area contributed by atoms with E-state index in [-0.39, 0.29) is 29.2 Å². The first-order valence-corrected chi connectivity index (χ1v) is 9.66. The summed E-state index contributed by atoms with van der Waals surface area (Å²) < 4.78 is 15.1. The van der Waals surface area contributed by atoms with Gasteiger partial charge in [0.25, 0.3) is 0 Å². The molecule has 0 spiro atoms. The molecule has 2 heterocycles. The molecule has 0 atom stereocenters. The van der Waals surface area contributed by atoms with Crippen LogP contribution in [-0.4, -0.2) is 31.1 Å². The minimum atomic E-state index is -0.246. The van der Waals surface area contributed by atoms with Gasteiger partial charge in [-0.3, -0.25) is 4.79 Å². The van der Waals surface area contributed by atoms with Crippen molar-refractivity contribution in [1.29, 1.82) is 0 Å². The van der Waals surface area contributed by atoms with Gasteiger partial charge in [-0.1, -0.05) is 23.9 Å². The standard InChI is InChI=1S/C19H21FN6OS/c1-11-9-15(16(27)10-28-19-24-17(21)23-18(22)25-19)12(2)26(11)8-7-13-3-5-14(20)6-4-13/h3-6,9H,7-8,10H2,1-2H3,(H4,21,22,23,24,25). The number of hydrogen-bond donors (Lipinski definition) is 2. The SMILES string of the molecule is Cc1cc(C(=O)CSc2nc(N)nc(N)n2)c(C)n1CCc1ccc(F)cc1. The summed E-state index contributed by atoms with van der Waals surface area (Å²) >= 11 is 1.17. The number of carbonyl (C=O) groups is 1. The molecule has 3 aromatic rings. The Labute approximate surface area is 166 Å². The molecule has 0 saturated carbocycles. The molecule has 146 valence electrons. The Balaban J connectivity index is 1.67. The number of hydrogen-bond acceptors (Lipinski definition) is 7. The maximum Gasteiger partial charge on any atom is 0.225 e. The summed E-state index contributed by atoms with van der Waals surface area (Å²) in [7, 11) is 0. The minimum absolute atomic E-state index is 0.0244. The average molecular weight is 400 g/mol. The molecule has 0 bridgehead atoms. The summed E-state index contributed by atoms with van der Waals surface area (Å²) in [6, 6.07) is 8.35. The molecular formula is C19H21FN6OS. The largest absolute Gasteiger partial charge is 0.368 e. The first-order chi connectivity index (χ1) is 13.3. The van der Waals surface area contributed by atoms with Crippen molar-refractivity contribution in [2.75, 3.05) is 17.2 Å². The number of nitrogens with zero attached hydrogens (tertiary/aromatic N) is 4. The van der Waals surface area contributed by atoms with Crippen molar-refractivity contribution in [3.63, 3.8) is 0 Å². The van der Waals surface area contributed by atoms with Crippen LogP contribution in [0.15, 0.2) is 35.5 Å². The zero-order valence-corrected chi connectivity index (χ0v) is 16.5. The summed E-state index contributed by atoms with van der Waals surface area (Å²) in [5, 5.41) is 0.323. The molecule has 0 radical (unpaired) electrons. The molecule has 3 rings (SSSR count). The number of nitrogen functional groups attached to an aromatic ring is 2. The molecule has 1 aromatic carbocycles. The van der Waals surface area contributed by atoms with Crippen molar-refractivity contribution >= 4 is 29.4 Å². The fourth-order valence-electron chi connectivity index (χ4n) is 2.98. The number of halogens is 1. The molecule has 0 saturated heterocycles. The van der Waals surface area contributed by atoms with Gasteiger partial charge in [-0.25, -0.2) is 4.39 Å². The second-order valence-electron chi connectivity index (χ2n) is 6.36. The molecule has 7 nitrogen and oxygen atoms in total. The Hall–Kier alpha value is -2.94. The fraction of sp³-hybridized carbons (Fsp3) is 0.263. The van der Waals surface area contributed by atoms with E-state index in [9.17, 15) is 9.18 Å². The second kappa shape index (κ2) is 8.39. The summed E-state index contributed by atoms with van der Waals surface area (Å²) in [5.41, 5.74) is 14.7. The van der Waals surface area contributed by atoms with Crippen molar-refractivity contribution in [2.45, 2.75) is 32.0 Å². The number of anilines is 2. The van der Waals surface area contributed by atoms with Gasteiger partial charge in [-0.05, 0) is 44.0 Å². The highest BCUT2D eigenvalue weighted by molar-refractivity contribution is 7.99. The zero-order chi connectivity index (χ0) is 20.3. The third-order valence-corrected chi connectivity index (χ3v) is 5.24. The van der Waals surface area contributed by atoms with Gasteiger partial charge in [0.05, 0.1) is 5.75 Å². The molecular weight excluding hydrogens is 379 g/mol. The second-order valence-corrected chi connectivity index (χ2v) is 7.30. The Morgan fingerprint density at radius 2 is 1.75 bits per heavy atom. The number of aromatic nitrogens is 4. The van der Waals surface area contributed by atoms with E-state index in [4.69, 9.17) is 11.5 Å². The van der Waals surface area contributed by atoms with Crippen molar-refractivity contribution in [3.05, 3.63) is 58.7 Å². The van der Waals surface area contributed by atoms with E-state index in [1.54, 1.807) is 12.1 Å². The van der Waals surface area contributed by atoms with Crippen LogP contribution in [0.4, 0.5) is 16.3 Å². The van der Waals surface area contributed by atoms with Gasteiger partial charge >= 0.3 is 0 Å². The number of Topliss-reactive ketones (excluding diaryl/α,β-unsaturated/α-hetero) is 1. The summed E-state index contributed by atoms with van der Waals surface area (Å²) in [4.78, 5) is 24.3. The van der Waals surface area contributed by atoms with Gasteiger partial charge in [0.15, 0.2) is 10.9 Å². The first-order valence-electron chi connectivity index (χ1n) is 8.67. The van der Waals surface area contributed by atoms with Crippen molar-refractivity contribution in [2.24, 2.45) is 0 Å². The highest BCUT2D eigenvalue weighted by Gasteiger charge is 2.17. The van der Waals surface area contributed by atoms with E-state index in [1.165, 1.54) is 23.9 Å². The van der Waals surface area contributed by atoms with Gasteiger partial charge in [-0.15, -0.1) is 0 Å². The van der Waals surface area contributed by atoms with Crippen LogP contribution in [-0.2, 0) is 13.0 Å². The van der Waals surface area contributed by atoms with Gasteiger partial charge in [-0.2, -0.15) is 15.0 Å². The van der Waals surface area contributed by atoms with Crippen LogP contribution in [0.25, 0.3) is 0 Å². The Bertz CT molecular complexity index is 982. The van der Waals surface area contributed by atoms with Crippen molar-refractivity contribution < 1.29 is 9.18 Å².